The van der Waals surface area contributed by atoms with E-state index in [0.717, 1.165) is 17.0 Å². The Hall–Kier alpha value is -4.37. The number of carbonyl (C=O) groups is 2. The van der Waals surface area contributed by atoms with Crippen molar-refractivity contribution >= 4 is 23.8 Å². The first kappa shape index (κ1) is 30.6. The van der Waals surface area contributed by atoms with E-state index in [2.05, 4.69) is 54.1 Å². The number of aliphatic carboxylic acids is 1. The molecule has 4 rings (SSSR count). The molecule has 1 aromatic heterocycles. The van der Waals surface area contributed by atoms with Crippen molar-refractivity contribution < 1.29 is 28.9 Å². The van der Waals surface area contributed by atoms with E-state index in [1.165, 1.54) is 15.4 Å². The zero-order valence-electron chi connectivity index (χ0n) is 24.3. The Morgan fingerprint density at radius 3 is 2.29 bits per heavy atom. The van der Waals surface area contributed by atoms with Crippen LogP contribution >= 0.6 is 11.8 Å². The molecule has 4 aromatic rings. The molecule has 8 nitrogen and oxygen atoms in total. The van der Waals surface area contributed by atoms with Crippen molar-refractivity contribution in [2.75, 3.05) is 20.0 Å². The number of carboxylic acids is 1. The number of rotatable bonds is 13. The highest BCUT2D eigenvalue weighted by Crippen LogP contribution is 2.27. The molecule has 0 spiro atoms. The molecule has 42 heavy (non-hydrogen) atoms. The topological polar surface area (TPSA) is 90.2 Å². The summed E-state index contributed by atoms with van der Waals surface area (Å²) in [5.41, 5.74) is 4.23. The van der Waals surface area contributed by atoms with Crippen molar-refractivity contribution in [2.24, 2.45) is 0 Å². The van der Waals surface area contributed by atoms with Gasteiger partial charge in [-0.2, -0.15) is 0 Å². The zero-order valence-corrected chi connectivity index (χ0v) is 25.1. The van der Waals surface area contributed by atoms with Gasteiger partial charge in [-0.05, 0) is 91.4 Å². The Morgan fingerprint density at radius 1 is 0.952 bits per heavy atom. The quantitative estimate of drug-likeness (QED) is 0.166. The molecule has 0 fully saturated rings. The molecule has 1 atom stereocenters. The van der Waals surface area contributed by atoms with Crippen molar-refractivity contribution in [3.05, 3.63) is 96.2 Å². The molecule has 0 aliphatic rings. The van der Waals surface area contributed by atoms with Crippen LogP contribution in [0.15, 0.2) is 89.8 Å². The average Bonchev–Trinajstić information content (AvgIpc) is 3.37. The molecule has 0 aliphatic heterocycles. The predicted octanol–water partition coefficient (Wildman–Crippen LogP) is 7.14. The van der Waals surface area contributed by atoms with E-state index in [1.807, 2.05) is 24.3 Å². The SMILES string of the molecule is CCC(C(=O)O)N(Cc1ccc(OCCn2c(C)ccc2-c2cccc(SC)c2)cc1)C(=O)Oc1ccc(OC)cc1. The first-order chi connectivity index (χ1) is 20.3. The minimum atomic E-state index is -1.09. The number of thioether (sulfide) groups is 1. The van der Waals surface area contributed by atoms with Crippen molar-refractivity contribution in [1.29, 1.82) is 0 Å². The molecule has 0 radical (unpaired) electrons. The lowest BCUT2D eigenvalue weighted by molar-refractivity contribution is -0.142. The number of hydrogen-bond acceptors (Lipinski definition) is 6. The van der Waals surface area contributed by atoms with E-state index in [9.17, 15) is 14.7 Å². The number of carboxylic acid groups (broad SMARTS) is 1. The van der Waals surface area contributed by atoms with E-state index in [0.29, 0.717) is 30.4 Å². The zero-order chi connectivity index (χ0) is 30.1. The van der Waals surface area contributed by atoms with Crippen LogP contribution in [0.1, 0.15) is 24.6 Å². The van der Waals surface area contributed by atoms with Gasteiger partial charge in [0.25, 0.3) is 0 Å². The molecule has 0 bridgehead atoms. The molecule has 1 heterocycles. The third-order valence-corrected chi connectivity index (χ3v) is 7.70. The van der Waals surface area contributed by atoms with Crippen molar-refractivity contribution in [2.45, 2.75) is 44.3 Å². The van der Waals surface area contributed by atoms with Gasteiger partial charge in [0.1, 0.15) is 29.9 Å². The number of aryl methyl sites for hydroxylation is 1. The summed E-state index contributed by atoms with van der Waals surface area (Å²) in [6.45, 7) is 5.03. The van der Waals surface area contributed by atoms with Gasteiger partial charge < -0.3 is 23.9 Å². The van der Waals surface area contributed by atoms with Gasteiger partial charge in [0.15, 0.2) is 0 Å². The molecule has 9 heteroatoms. The maximum Gasteiger partial charge on any atom is 0.416 e. The molecule has 1 unspecified atom stereocenters. The first-order valence-electron chi connectivity index (χ1n) is 13.7. The Kier molecular flexibility index (Phi) is 10.6. The number of amides is 1. The van der Waals surface area contributed by atoms with Gasteiger partial charge >= 0.3 is 12.1 Å². The number of nitrogens with zero attached hydrogens (tertiary/aromatic N) is 2. The van der Waals surface area contributed by atoms with Crippen LogP contribution in [0.4, 0.5) is 4.79 Å². The number of benzene rings is 3. The highest BCUT2D eigenvalue weighted by atomic mass is 32.2. The summed E-state index contributed by atoms with van der Waals surface area (Å²) in [5, 5.41) is 9.77. The van der Waals surface area contributed by atoms with Gasteiger partial charge in [0, 0.05) is 22.8 Å². The predicted molar refractivity (Wildman–Crippen MR) is 165 cm³/mol. The lowest BCUT2D eigenvalue weighted by Crippen LogP contribution is -2.45. The normalized spacial score (nSPS) is 11.5. The second-order valence-electron chi connectivity index (χ2n) is 9.67. The highest BCUT2D eigenvalue weighted by Gasteiger charge is 2.30. The molecular weight excluding hydrogens is 552 g/mol. The summed E-state index contributed by atoms with van der Waals surface area (Å²) in [7, 11) is 1.55. The maximum atomic E-state index is 13.1. The summed E-state index contributed by atoms with van der Waals surface area (Å²) in [5.74, 6) is 0.514. The number of hydrogen-bond donors (Lipinski definition) is 1. The highest BCUT2D eigenvalue weighted by molar-refractivity contribution is 7.98. The average molecular weight is 589 g/mol. The molecular formula is C33H36N2O6S. The van der Waals surface area contributed by atoms with Gasteiger partial charge in [-0.1, -0.05) is 31.2 Å². The summed E-state index contributed by atoms with van der Waals surface area (Å²) in [6, 6.07) is 25.6. The Labute approximate surface area is 250 Å². The molecule has 0 saturated carbocycles. The molecule has 220 valence electrons. The number of methoxy groups -OCH3 is 1. The molecule has 0 saturated heterocycles. The lowest BCUT2D eigenvalue weighted by Gasteiger charge is -2.27. The van der Waals surface area contributed by atoms with Crippen LogP contribution < -0.4 is 14.2 Å². The van der Waals surface area contributed by atoms with Crippen LogP contribution in [-0.4, -0.2) is 52.7 Å². The molecule has 3 aromatic carbocycles. The summed E-state index contributed by atoms with van der Waals surface area (Å²) in [4.78, 5) is 27.5. The summed E-state index contributed by atoms with van der Waals surface area (Å²) >= 11 is 1.72. The summed E-state index contributed by atoms with van der Waals surface area (Å²) in [6.07, 6.45) is 1.56. The van der Waals surface area contributed by atoms with Crippen molar-refractivity contribution in [1.82, 2.24) is 9.47 Å². The van der Waals surface area contributed by atoms with Crippen LogP contribution in [0.2, 0.25) is 0 Å². The largest absolute Gasteiger partial charge is 0.497 e. The lowest BCUT2D eigenvalue weighted by atomic mass is 10.1. The van der Waals surface area contributed by atoms with Crippen molar-refractivity contribution in [3.63, 3.8) is 0 Å². The van der Waals surface area contributed by atoms with Crippen LogP contribution in [-0.2, 0) is 17.9 Å². The smallest absolute Gasteiger partial charge is 0.416 e. The minimum absolute atomic E-state index is 0.0705. The fourth-order valence-corrected chi connectivity index (χ4v) is 5.14. The van der Waals surface area contributed by atoms with Crippen LogP contribution in [0.3, 0.4) is 0 Å². The molecule has 0 aliphatic carbocycles. The van der Waals surface area contributed by atoms with E-state index in [4.69, 9.17) is 14.2 Å². The Bertz CT molecular complexity index is 1480. The van der Waals surface area contributed by atoms with Gasteiger partial charge in [-0.3, -0.25) is 4.90 Å². The first-order valence-corrected chi connectivity index (χ1v) is 14.9. The second kappa shape index (κ2) is 14.5. The van der Waals surface area contributed by atoms with Crippen LogP contribution in [0.25, 0.3) is 11.3 Å². The van der Waals surface area contributed by atoms with Crippen molar-refractivity contribution in [3.8, 4) is 28.5 Å². The number of aromatic nitrogens is 1. The minimum Gasteiger partial charge on any atom is -0.497 e. The second-order valence-corrected chi connectivity index (χ2v) is 10.5. The van der Waals surface area contributed by atoms with Gasteiger partial charge in [-0.25, -0.2) is 9.59 Å². The maximum absolute atomic E-state index is 13.1. The third kappa shape index (κ3) is 7.67. The fraction of sp³-hybridized carbons (Fsp3) is 0.273. The monoisotopic (exact) mass is 588 g/mol. The standard InChI is InChI=1S/C33H36N2O6S/c1-5-30(32(36)37)35(33(38)41-28-16-14-26(39-3)15-17-28)22-24-10-12-27(13-11-24)40-20-19-34-23(2)9-18-31(34)25-7-6-8-29(21-25)42-4/h6-18,21,30H,5,19-20,22H2,1-4H3,(H,36,37). The van der Waals surface area contributed by atoms with E-state index < -0.39 is 18.1 Å². The molecule has 1 N–H and O–H groups in total. The Morgan fingerprint density at radius 2 is 1.64 bits per heavy atom. The van der Waals surface area contributed by atoms with Crippen LogP contribution in [0, 0.1) is 6.92 Å². The van der Waals surface area contributed by atoms with Gasteiger partial charge in [-0.15, -0.1) is 11.8 Å². The van der Waals surface area contributed by atoms with Gasteiger partial charge in [0.2, 0.25) is 0 Å². The van der Waals surface area contributed by atoms with E-state index in [-0.39, 0.29) is 13.0 Å². The van der Waals surface area contributed by atoms with Crippen LogP contribution in [0.5, 0.6) is 17.2 Å². The fourth-order valence-electron chi connectivity index (χ4n) is 4.68. The van der Waals surface area contributed by atoms with E-state index >= 15 is 0 Å². The van der Waals surface area contributed by atoms with E-state index in [1.54, 1.807) is 50.1 Å². The third-order valence-electron chi connectivity index (χ3n) is 6.97. The number of ether oxygens (including phenoxy) is 3. The number of carbonyl (C=O) groups excluding carboxylic acids is 1. The Balaban J connectivity index is 1.40. The molecule has 1 amide bonds. The van der Waals surface area contributed by atoms with Gasteiger partial charge in [0.05, 0.1) is 13.7 Å². The summed E-state index contributed by atoms with van der Waals surface area (Å²) < 4.78 is 18.9.